The first-order valence-electron chi connectivity index (χ1n) is 11.4. The average Bonchev–Trinajstić information content (AvgIpc) is 2.92. The van der Waals surface area contributed by atoms with Crippen molar-refractivity contribution in [2.45, 2.75) is 12.7 Å². The van der Waals surface area contributed by atoms with Crippen LogP contribution in [-0.2, 0) is 6.61 Å². The fourth-order valence-corrected chi connectivity index (χ4v) is 3.51. The first kappa shape index (κ1) is 24.7. The number of rotatable bonds is 9. The molecule has 182 valence electrons. The molecule has 0 bridgehead atoms. The summed E-state index contributed by atoms with van der Waals surface area (Å²) in [5, 5.41) is 40.3. The van der Waals surface area contributed by atoms with Crippen molar-refractivity contribution in [3.63, 3.8) is 0 Å². The molecular formula is C28H26N4O4. The summed E-state index contributed by atoms with van der Waals surface area (Å²) in [4.78, 5) is 17.5. The van der Waals surface area contributed by atoms with Crippen molar-refractivity contribution >= 4 is 12.4 Å². The number of aliphatic hydroxyl groups is 2. The average molecular weight is 483 g/mol. The summed E-state index contributed by atoms with van der Waals surface area (Å²) in [5.41, 5.74) is 3.78. The van der Waals surface area contributed by atoms with Gasteiger partial charge in [-0.3, -0.25) is 9.98 Å². The molecule has 1 unspecified atom stereocenters. The van der Waals surface area contributed by atoms with E-state index in [0.717, 1.165) is 0 Å². The van der Waals surface area contributed by atoms with Crippen LogP contribution in [0.5, 0.6) is 11.5 Å². The van der Waals surface area contributed by atoms with Crippen molar-refractivity contribution in [3.05, 3.63) is 107 Å². The highest BCUT2D eigenvalue weighted by Crippen LogP contribution is 2.26. The Morgan fingerprint density at radius 2 is 1.39 bits per heavy atom. The third-order valence-electron chi connectivity index (χ3n) is 5.41. The lowest BCUT2D eigenvalue weighted by molar-refractivity contribution is 0.215. The lowest BCUT2D eigenvalue weighted by atomic mass is 10.0. The largest absolute Gasteiger partial charge is 0.507 e. The minimum atomic E-state index is -1.03. The predicted octanol–water partition coefficient (Wildman–Crippen LogP) is 3.67. The molecule has 0 amide bonds. The van der Waals surface area contributed by atoms with E-state index < -0.39 is 6.10 Å². The molecule has 8 nitrogen and oxygen atoms in total. The fraction of sp³-hybridized carbons (Fsp3) is 0.143. The molecule has 4 aromatic rings. The maximum atomic E-state index is 11.0. The van der Waals surface area contributed by atoms with Crippen LogP contribution in [0.1, 0.15) is 34.2 Å². The summed E-state index contributed by atoms with van der Waals surface area (Å²) in [5.74, 6) is 0.208. The monoisotopic (exact) mass is 482 g/mol. The fourth-order valence-electron chi connectivity index (χ4n) is 3.51. The van der Waals surface area contributed by atoms with Crippen LogP contribution in [0.4, 0.5) is 0 Å². The summed E-state index contributed by atoms with van der Waals surface area (Å²) in [6.45, 7) is 0.632. The number of benzene rings is 2. The van der Waals surface area contributed by atoms with Crippen LogP contribution in [0.25, 0.3) is 11.4 Å². The lowest BCUT2D eigenvalue weighted by Crippen LogP contribution is -2.04. The van der Waals surface area contributed by atoms with Gasteiger partial charge in [-0.1, -0.05) is 30.3 Å². The highest BCUT2D eigenvalue weighted by Gasteiger charge is 2.15. The van der Waals surface area contributed by atoms with Gasteiger partial charge in [-0.05, 0) is 54.1 Å². The van der Waals surface area contributed by atoms with Crippen molar-refractivity contribution in [2.24, 2.45) is 9.98 Å². The number of phenols is 2. The number of hydrogen-bond donors (Lipinski definition) is 4. The van der Waals surface area contributed by atoms with E-state index in [1.807, 2.05) is 6.07 Å². The van der Waals surface area contributed by atoms with E-state index in [-0.39, 0.29) is 18.1 Å². The normalized spacial score (nSPS) is 12.4. The van der Waals surface area contributed by atoms with E-state index in [1.165, 1.54) is 12.3 Å². The number of hydrogen-bond acceptors (Lipinski definition) is 8. The van der Waals surface area contributed by atoms with E-state index in [0.29, 0.717) is 52.6 Å². The number of aromatic hydroxyl groups is 2. The highest BCUT2D eigenvalue weighted by molar-refractivity contribution is 5.84. The second-order valence-electron chi connectivity index (χ2n) is 7.97. The van der Waals surface area contributed by atoms with Gasteiger partial charge in [0.15, 0.2) is 0 Å². The molecule has 2 heterocycles. The van der Waals surface area contributed by atoms with Crippen LogP contribution in [-0.4, -0.2) is 55.9 Å². The molecule has 0 aliphatic heterocycles. The molecule has 4 N–H and O–H groups in total. The number of pyridine rings is 2. The second kappa shape index (κ2) is 11.8. The smallest absolute Gasteiger partial charge is 0.124 e. The van der Waals surface area contributed by atoms with Crippen molar-refractivity contribution in [1.82, 2.24) is 9.97 Å². The quantitative estimate of drug-likeness (QED) is 0.213. The van der Waals surface area contributed by atoms with E-state index in [9.17, 15) is 20.4 Å². The number of aromatic nitrogens is 2. The Hall–Kier alpha value is -4.40. The summed E-state index contributed by atoms with van der Waals surface area (Å²) >= 11 is 0. The first-order chi connectivity index (χ1) is 17.5. The van der Waals surface area contributed by atoms with Crippen LogP contribution >= 0.6 is 0 Å². The maximum Gasteiger partial charge on any atom is 0.124 e. The molecule has 0 aliphatic rings. The molecule has 2 aromatic heterocycles. The van der Waals surface area contributed by atoms with E-state index in [4.69, 9.17) is 0 Å². The van der Waals surface area contributed by atoms with Gasteiger partial charge in [0, 0.05) is 23.6 Å². The Labute approximate surface area is 208 Å². The Bertz CT molecular complexity index is 1390. The third-order valence-corrected chi connectivity index (χ3v) is 5.41. The van der Waals surface area contributed by atoms with Crippen molar-refractivity contribution in [2.75, 3.05) is 13.1 Å². The number of phenolic OH excluding ortho intramolecular Hbond substituents is 2. The Morgan fingerprint density at radius 3 is 2.14 bits per heavy atom. The second-order valence-corrected chi connectivity index (χ2v) is 7.97. The van der Waals surface area contributed by atoms with Crippen LogP contribution in [0.2, 0.25) is 0 Å². The van der Waals surface area contributed by atoms with Gasteiger partial charge in [0.05, 0.1) is 42.5 Å². The zero-order chi connectivity index (χ0) is 25.3. The van der Waals surface area contributed by atoms with Gasteiger partial charge < -0.3 is 20.4 Å². The summed E-state index contributed by atoms with van der Waals surface area (Å²) in [6.07, 6.45) is 2.10. The number of para-hydroxylation sites is 1. The molecular weight excluding hydrogens is 456 g/mol. The number of aliphatic hydroxyl groups excluding tert-OH is 2. The Balaban J connectivity index is 1.44. The van der Waals surface area contributed by atoms with Gasteiger partial charge in [-0.15, -0.1) is 0 Å². The van der Waals surface area contributed by atoms with Crippen LogP contribution < -0.4 is 0 Å². The van der Waals surface area contributed by atoms with Gasteiger partial charge in [0.1, 0.15) is 17.6 Å². The summed E-state index contributed by atoms with van der Waals surface area (Å²) < 4.78 is 0. The van der Waals surface area contributed by atoms with Crippen LogP contribution in [0.15, 0.2) is 88.8 Å². The zero-order valence-corrected chi connectivity index (χ0v) is 19.4. The van der Waals surface area contributed by atoms with Gasteiger partial charge in [0.25, 0.3) is 0 Å². The number of aliphatic imine (C=N–C) groups is 2. The predicted molar refractivity (Wildman–Crippen MR) is 139 cm³/mol. The molecule has 0 aliphatic carbocycles. The molecule has 0 spiro atoms. The van der Waals surface area contributed by atoms with Crippen LogP contribution in [0.3, 0.4) is 0 Å². The molecule has 36 heavy (non-hydrogen) atoms. The molecule has 4 rings (SSSR count). The molecule has 0 saturated heterocycles. The van der Waals surface area contributed by atoms with E-state index in [2.05, 4.69) is 20.0 Å². The Morgan fingerprint density at radius 1 is 0.722 bits per heavy atom. The van der Waals surface area contributed by atoms with Gasteiger partial charge in [0.2, 0.25) is 0 Å². The molecule has 2 aromatic carbocycles. The Kier molecular flexibility index (Phi) is 8.12. The maximum absolute atomic E-state index is 11.0. The van der Waals surface area contributed by atoms with Gasteiger partial charge in [-0.25, -0.2) is 9.97 Å². The minimum absolute atomic E-state index is 0.0409. The molecule has 8 heteroatoms. The topological polar surface area (TPSA) is 131 Å². The molecule has 1 atom stereocenters. The van der Waals surface area contributed by atoms with Crippen molar-refractivity contribution in [1.29, 1.82) is 0 Å². The lowest BCUT2D eigenvalue weighted by Gasteiger charge is -2.13. The molecule has 0 fully saturated rings. The molecule has 0 saturated carbocycles. The van der Waals surface area contributed by atoms with Gasteiger partial charge >= 0.3 is 0 Å². The zero-order valence-electron chi connectivity index (χ0n) is 19.4. The highest BCUT2D eigenvalue weighted by atomic mass is 16.3. The van der Waals surface area contributed by atoms with Crippen LogP contribution in [0, 0.1) is 0 Å². The minimum Gasteiger partial charge on any atom is -0.507 e. The van der Waals surface area contributed by atoms with E-state index in [1.54, 1.807) is 72.9 Å². The third kappa shape index (κ3) is 6.18. The van der Waals surface area contributed by atoms with Gasteiger partial charge in [-0.2, -0.15) is 0 Å². The first-order valence-corrected chi connectivity index (χ1v) is 11.4. The van der Waals surface area contributed by atoms with E-state index >= 15 is 0 Å². The SMILES string of the molecule is OCc1cccc(-c2cccc(C(O)c3ccc(O)c(C=NCCN=Cc4ccccc4O)c3)n2)n1. The number of nitrogens with zero attached hydrogens (tertiary/aromatic N) is 4. The summed E-state index contributed by atoms with van der Waals surface area (Å²) in [7, 11) is 0. The summed E-state index contributed by atoms with van der Waals surface area (Å²) in [6, 6.07) is 22.3. The van der Waals surface area contributed by atoms with Crippen molar-refractivity contribution in [3.8, 4) is 22.9 Å². The standard InChI is InChI=1S/C28H26N4O4/c33-18-22-6-3-7-23(31-22)24-8-4-9-25(32-24)28(36)19-11-12-27(35)21(15-19)17-30-14-13-29-16-20-5-1-2-10-26(20)34/h1-12,15-17,28,33-36H,13-14,18H2. The molecule has 0 radical (unpaired) electrons. The van der Waals surface area contributed by atoms with Crippen molar-refractivity contribution < 1.29 is 20.4 Å².